The van der Waals surface area contributed by atoms with Gasteiger partial charge >= 0.3 is 5.97 Å². The van der Waals surface area contributed by atoms with Crippen molar-refractivity contribution in [3.8, 4) is 0 Å². The first-order chi connectivity index (χ1) is 14.6. The monoisotopic (exact) mass is 468 g/mol. The largest absolute Gasteiger partial charge is 0.465 e. The van der Waals surface area contributed by atoms with Crippen molar-refractivity contribution < 1.29 is 27.1 Å². The lowest BCUT2D eigenvalue weighted by atomic mass is 9.97. The highest BCUT2D eigenvalue weighted by Gasteiger charge is 2.32. The van der Waals surface area contributed by atoms with E-state index in [0.717, 1.165) is 12.1 Å². The molecule has 0 unspecified atom stereocenters. The number of carbonyl (C=O) groups is 2. The topological polar surface area (TPSA) is 92.8 Å². The normalized spacial score (nSPS) is 15.5. The minimum absolute atomic E-state index is 0.0804. The number of aryl methyl sites for hydroxylation is 1. The van der Waals surface area contributed by atoms with E-state index in [0.29, 0.717) is 29.7 Å². The zero-order valence-corrected chi connectivity index (χ0v) is 18.6. The van der Waals surface area contributed by atoms with Crippen LogP contribution in [0.25, 0.3) is 0 Å². The smallest absolute Gasteiger partial charge is 0.337 e. The van der Waals surface area contributed by atoms with Crippen LogP contribution in [0.1, 0.15) is 28.8 Å². The van der Waals surface area contributed by atoms with E-state index in [1.807, 2.05) is 0 Å². The molecule has 1 heterocycles. The molecule has 2 aromatic carbocycles. The predicted octanol–water partition coefficient (Wildman–Crippen LogP) is 3.61. The van der Waals surface area contributed by atoms with Crippen molar-refractivity contribution in [1.82, 2.24) is 4.31 Å². The standard InChI is InChI=1S/C21H22ClFN2O5S/c1-13-11-15(21(27)30-2)3-6-19(13)24-20(26)14-7-9-25(10-8-14)31(28,29)16-4-5-18(23)17(22)12-16/h3-6,11-12,14H,7-10H2,1-2H3,(H,24,26). The number of benzene rings is 2. The average molecular weight is 469 g/mol. The molecule has 7 nitrogen and oxygen atoms in total. The summed E-state index contributed by atoms with van der Waals surface area (Å²) in [7, 11) is -2.53. The maximum Gasteiger partial charge on any atom is 0.337 e. The highest BCUT2D eigenvalue weighted by molar-refractivity contribution is 7.89. The Morgan fingerprint density at radius 1 is 1.16 bits per heavy atom. The molecule has 1 amide bonds. The van der Waals surface area contributed by atoms with Gasteiger partial charge in [-0.15, -0.1) is 0 Å². The Morgan fingerprint density at radius 3 is 2.42 bits per heavy atom. The molecular formula is C21H22ClFN2O5S. The molecule has 3 rings (SSSR count). The van der Waals surface area contributed by atoms with Crippen molar-refractivity contribution in [2.75, 3.05) is 25.5 Å². The van der Waals surface area contributed by atoms with Crippen molar-refractivity contribution in [2.24, 2.45) is 5.92 Å². The first-order valence-corrected chi connectivity index (χ1v) is 11.4. The van der Waals surface area contributed by atoms with E-state index in [4.69, 9.17) is 11.6 Å². The molecule has 1 saturated heterocycles. The van der Waals surface area contributed by atoms with Crippen LogP contribution in [0.15, 0.2) is 41.3 Å². The average Bonchev–Trinajstić information content (AvgIpc) is 2.76. The number of ether oxygens (including phenoxy) is 1. The van der Waals surface area contributed by atoms with Crippen LogP contribution < -0.4 is 5.32 Å². The van der Waals surface area contributed by atoms with Crippen molar-refractivity contribution in [3.05, 3.63) is 58.4 Å². The Kier molecular flexibility index (Phi) is 6.98. The van der Waals surface area contributed by atoms with Gasteiger partial charge in [0.15, 0.2) is 0 Å². The third-order valence-corrected chi connectivity index (χ3v) is 7.44. The molecule has 0 atom stereocenters. The Hall–Kier alpha value is -2.49. The third kappa shape index (κ3) is 5.06. The van der Waals surface area contributed by atoms with Gasteiger partial charge in [0.1, 0.15) is 5.82 Å². The summed E-state index contributed by atoms with van der Waals surface area (Å²) >= 11 is 5.71. The fourth-order valence-electron chi connectivity index (χ4n) is 3.43. The fraction of sp³-hybridized carbons (Fsp3) is 0.333. The number of hydrogen-bond acceptors (Lipinski definition) is 5. The van der Waals surface area contributed by atoms with Crippen LogP contribution in [-0.4, -0.2) is 44.8 Å². The maximum absolute atomic E-state index is 13.3. The quantitative estimate of drug-likeness (QED) is 0.676. The number of piperidine rings is 1. The summed E-state index contributed by atoms with van der Waals surface area (Å²) in [5, 5.41) is 2.58. The van der Waals surface area contributed by atoms with Crippen LogP contribution >= 0.6 is 11.6 Å². The molecule has 1 fully saturated rings. The van der Waals surface area contributed by atoms with E-state index < -0.39 is 21.8 Å². The second-order valence-electron chi connectivity index (χ2n) is 7.26. The number of nitrogens with one attached hydrogen (secondary N) is 1. The van der Waals surface area contributed by atoms with Gasteiger partial charge < -0.3 is 10.1 Å². The van der Waals surface area contributed by atoms with Gasteiger partial charge in [-0.3, -0.25) is 4.79 Å². The number of carbonyl (C=O) groups excluding carboxylic acids is 2. The van der Waals surface area contributed by atoms with E-state index in [9.17, 15) is 22.4 Å². The summed E-state index contributed by atoms with van der Waals surface area (Å²) in [6, 6.07) is 8.12. The molecule has 31 heavy (non-hydrogen) atoms. The Labute approximate surface area is 185 Å². The van der Waals surface area contributed by atoms with Crippen molar-refractivity contribution >= 4 is 39.2 Å². The van der Waals surface area contributed by atoms with Gasteiger partial charge in [-0.05, 0) is 61.7 Å². The zero-order valence-electron chi connectivity index (χ0n) is 17.0. The SMILES string of the molecule is COC(=O)c1ccc(NC(=O)C2CCN(S(=O)(=O)c3ccc(F)c(Cl)c3)CC2)c(C)c1. The summed E-state index contributed by atoms with van der Waals surface area (Å²) in [6.45, 7) is 2.09. The van der Waals surface area contributed by atoms with E-state index in [-0.39, 0.29) is 34.8 Å². The highest BCUT2D eigenvalue weighted by atomic mass is 35.5. The van der Waals surface area contributed by atoms with Gasteiger partial charge in [0.2, 0.25) is 15.9 Å². The van der Waals surface area contributed by atoms with Crippen LogP contribution in [0.5, 0.6) is 0 Å². The number of esters is 1. The van der Waals surface area contributed by atoms with Gasteiger partial charge in [-0.1, -0.05) is 11.6 Å². The van der Waals surface area contributed by atoms with Crippen molar-refractivity contribution in [1.29, 1.82) is 0 Å². The molecule has 0 aliphatic carbocycles. The van der Waals surface area contributed by atoms with E-state index in [1.54, 1.807) is 25.1 Å². The summed E-state index contributed by atoms with van der Waals surface area (Å²) in [6.07, 6.45) is 0.693. The molecule has 0 saturated carbocycles. The first kappa shape index (κ1) is 23.2. The van der Waals surface area contributed by atoms with Crippen LogP contribution in [0.4, 0.5) is 10.1 Å². The molecule has 1 N–H and O–H groups in total. The highest BCUT2D eigenvalue weighted by Crippen LogP contribution is 2.27. The van der Waals surface area contributed by atoms with Crippen LogP contribution in [0.2, 0.25) is 5.02 Å². The number of hydrogen-bond donors (Lipinski definition) is 1. The Bertz CT molecular complexity index is 1110. The number of amides is 1. The second-order valence-corrected chi connectivity index (χ2v) is 9.61. The molecule has 0 spiro atoms. The second kappa shape index (κ2) is 9.33. The van der Waals surface area contributed by atoms with Crippen molar-refractivity contribution in [2.45, 2.75) is 24.7 Å². The lowest BCUT2D eigenvalue weighted by molar-refractivity contribution is -0.120. The van der Waals surface area contributed by atoms with Gasteiger partial charge in [0.25, 0.3) is 0 Å². The van der Waals surface area contributed by atoms with E-state index >= 15 is 0 Å². The molecule has 1 aliphatic heterocycles. The summed E-state index contributed by atoms with van der Waals surface area (Å²) in [4.78, 5) is 24.2. The number of anilines is 1. The maximum atomic E-state index is 13.3. The number of halogens is 2. The molecule has 1 aliphatic rings. The fourth-order valence-corrected chi connectivity index (χ4v) is 5.17. The van der Waals surface area contributed by atoms with Crippen molar-refractivity contribution in [3.63, 3.8) is 0 Å². The van der Waals surface area contributed by atoms with Gasteiger partial charge in [-0.2, -0.15) is 4.31 Å². The van der Waals surface area contributed by atoms with Gasteiger partial charge in [-0.25, -0.2) is 17.6 Å². The predicted molar refractivity (Wildman–Crippen MR) is 114 cm³/mol. The summed E-state index contributed by atoms with van der Waals surface area (Å²) in [5.74, 6) is -1.72. The molecule has 0 bridgehead atoms. The molecule has 0 radical (unpaired) electrons. The number of methoxy groups -OCH3 is 1. The van der Waals surface area contributed by atoms with Crippen LogP contribution in [0.3, 0.4) is 0 Å². The number of nitrogens with zero attached hydrogens (tertiary/aromatic N) is 1. The number of sulfonamides is 1. The van der Waals surface area contributed by atoms with Crippen LogP contribution in [0, 0.1) is 18.7 Å². The lowest BCUT2D eigenvalue weighted by Gasteiger charge is -2.30. The van der Waals surface area contributed by atoms with Gasteiger partial charge in [0, 0.05) is 24.7 Å². The summed E-state index contributed by atoms with van der Waals surface area (Å²) < 4.78 is 44.9. The minimum Gasteiger partial charge on any atom is -0.465 e. The Morgan fingerprint density at radius 2 is 1.84 bits per heavy atom. The zero-order chi connectivity index (χ0) is 22.8. The minimum atomic E-state index is -3.82. The van der Waals surface area contributed by atoms with E-state index in [2.05, 4.69) is 10.1 Å². The van der Waals surface area contributed by atoms with Crippen LogP contribution in [-0.2, 0) is 19.6 Å². The Balaban J connectivity index is 1.63. The molecule has 10 heteroatoms. The first-order valence-electron chi connectivity index (χ1n) is 9.58. The molecule has 0 aromatic heterocycles. The lowest BCUT2D eigenvalue weighted by Crippen LogP contribution is -2.41. The molecule has 166 valence electrons. The number of rotatable bonds is 5. The molecule has 2 aromatic rings. The third-order valence-electron chi connectivity index (χ3n) is 5.26. The molecular weight excluding hydrogens is 447 g/mol. The van der Waals surface area contributed by atoms with E-state index in [1.165, 1.54) is 17.5 Å². The summed E-state index contributed by atoms with van der Waals surface area (Å²) in [5.41, 5.74) is 1.68. The van der Waals surface area contributed by atoms with Gasteiger partial charge in [0.05, 0.1) is 22.6 Å².